The molecule has 0 saturated carbocycles. The molecule has 1 heterocycles. The van der Waals surface area contributed by atoms with Crippen LogP contribution in [0.3, 0.4) is 0 Å². The van der Waals surface area contributed by atoms with E-state index in [2.05, 4.69) is 21.2 Å². The maximum Gasteiger partial charge on any atom is 0.407 e. The average molecular weight is 445 g/mol. The Morgan fingerprint density at radius 3 is 2.61 bits per heavy atom. The van der Waals surface area contributed by atoms with Crippen LogP contribution in [0.2, 0.25) is 0 Å². The van der Waals surface area contributed by atoms with Gasteiger partial charge >= 0.3 is 6.09 Å². The molecule has 0 aliphatic carbocycles. The highest BCUT2D eigenvalue weighted by Crippen LogP contribution is 2.28. The number of carbonyl (C=O) groups excluding carboxylic acids is 2. The molecule has 1 aliphatic heterocycles. The summed E-state index contributed by atoms with van der Waals surface area (Å²) in [6.07, 6.45) is 0.176. The second-order valence-electron chi connectivity index (χ2n) is 7.96. The Morgan fingerprint density at radius 2 is 1.93 bits per heavy atom. The summed E-state index contributed by atoms with van der Waals surface area (Å²) in [7, 11) is 0. The molecule has 6 heteroatoms. The van der Waals surface area contributed by atoms with Crippen LogP contribution in [0, 0.1) is 0 Å². The first-order valence-corrected chi connectivity index (χ1v) is 10.1. The van der Waals surface area contributed by atoms with Crippen LogP contribution in [-0.4, -0.2) is 35.1 Å². The molecule has 0 aromatic heterocycles. The van der Waals surface area contributed by atoms with Crippen LogP contribution in [0.25, 0.3) is 0 Å². The molecule has 5 nitrogen and oxygen atoms in total. The Hall–Kier alpha value is -2.34. The molecule has 0 radical (unpaired) electrons. The van der Waals surface area contributed by atoms with Gasteiger partial charge in [0, 0.05) is 23.1 Å². The summed E-state index contributed by atoms with van der Waals surface area (Å²) in [5.41, 5.74) is 2.27. The molecule has 2 aromatic rings. The fraction of sp³-hybridized carbons (Fsp3) is 0.364. The summed E-state index contributed by atoms with van der Waals surface area (Å²) in [6, 6.07) is 15.5. The molecule has 28 heavy (non-hydrogen) atoms. The number of alkyl carbamates (subject to hydrolysis) is 1. The van der Waals surface area contributed by atoms with E-state index in [1.807, 2.05) is 74.2 Å². The summed E-state index contributed by atoms with van der Waals surface area (Å²) in [6.45, 7) is 6.33. The molecule has 0 saturated heterocycles. The van der Waals surface area contributed by atoms with E-state index in [-0.39, 0.29) is 11.9 Å². The van der Waals surface area contributed by atoms with Crippen molar-refractivity contribution in [3.63, 3.8) is 0 Å². The number of ether oxygens (including phenoxy) is 1. The highest BCUT2D eigenvalue weighted by molar-refractivity contribution is 9.10. The number of nitrogens with zero attached hydrogens (tertiary/aromatic N) is 1. The highest BCUT2D eigenvalue weighted by atomic mass is 79.9. The zero-order valence-corrected chi connectivity index (χ0v) is 18.0. The summed E-state index contributed by atoms with van der Waals surface area (Å²) in [5.74, 6) is -0.00517. The lowest BCUT2D eigenvalue weighted by Crippen LogP contribution is -2.46. The summed E-state index contributed by atoms with van der Waals surface area (Å²) < 4.78 is 6.30. The zero-order valence-electron chi connectivity index (χ0n) is 16.4. The van der Waals surface area contributed by atoms with Crippen LogP contribution in [0.1, 0.15) is 42.3 Å². The Morgan fingerprint density at radius 1 is 1.21 bits per heavy atom. The molecule has 1 N–H and O–H groups in total. The third-order valence-corrected chi connectivity index (χ3v) is 5.03. The lowest BCUT2D eigenvalue weighted by molar-refractivity contribution is 0.0489. The van der Waals surface area contributed by atoms with Gasteiger partial charge in [-0.2, -0.15) is 0 Å². The zero-order chi connectivity index (χ0) is 20.3. The van der Waals surface area contributed by atoms with E-state index < -0.39 is 11.7 Å². The molecular weight excluding hydrogens is 420 g/mol. The van der Waals surface area contributed by atoms with Crippen molar-refractivity contribution in [2.24, 2.45) is 0 Å². The van der Waals surface area contributed by atoms with Crippen LogP contribution in [0.15, 0.2) is 53.0 Å². The Kier molecular flexibility index (Phi) is 6.08. The van der Waals surface area contributed by atoms with Crippen LogP contribution in [0.4, 0.5) is 4.79 Å². The number of benzene rings is 2. The van der Waals surface area contributed by atoms with Gasteiger partial charge in [0.15, 0.2) is 0 Å². The Labute approximate surface area is 174 Å². The molecule has 2 aromatic carbocycles. The minimum absolute atomic E-state index is 0.00517. The van der Waals surface area contributed by atoms with Crippen molar-refractivity contribution < 1.29 is 14.3 Å². The van der Waals surface area contributed by atoms with Crippen molar-refractivity contribution in [3.8, 4) is 0 Å². The summed E-state index contributed by atoms with van der Waals surface area (Å²) in [5, 5.41) is 2.83. The lowest BCUT2D eigenvalue weighted by atomic mass is 10.0. The smallest absolute Gasteiger partial charge is 0.407 e. The van der Waals surface area contributed by atoms with E-state index in [1.165, 1.54) is 0 Å². The topological polar surface area (TPSA) is 58.6 Å². The van der Waals surface area contributed by atoms with Gasteiger partial charge in [-0.25, -0.2) is 4.79 Å². The van der Waals surface area contributed by atoms with Crippen molar-refractivity contribution in [1.82, 2.24) is 10.2 Å². The molecule has 3 rings (SSSR count). The van der Waals surface area contributed by atoms with Crippen molar-refractivity contribution in [1.29, 1.82) is 0 Å². The van der Waals surface area contributed by atoms with Gasteiger partial charge in [-0.1, -0.05) is 46.3 Å². The molecule has 0 unspecified atom stereocenters. The SMILES string of the molecule is CC(C)(C)OC(=O)NC[C@H](Cc1ccccc1)N1Cc2cc(Br)ccc2C1=O. The Bertz CT molecular complexity index is 862. The normalized spacial score (nSPS) is 14.6. The quantitative estimate of drug-likeness (QED) is 0.735. The third kappa shape index (κ3) is 5.13. The molecule has 0 fully saturated rings. The maximum atomic E-state index is 13.0. The number of nitrogens with one attached hydrogen (secondary N) is 1. The van der Waals surface area contributed by atoms with E-state index in [1.54, 1.807) is 0 Å². The van der Waals surface area contributed by atoms with Gasteiger partial charge in [0.1, 0.15) is 5.60 Å². The third-order valence-electron chi connectivity index (χ3n) is 4.54. The number of hydrogen-bond donors (Lipinski definition) is 1. The minimum Gasteiger partial charge on any atom is -0.444 e. The first-order chi connectivity index (χ1) is 13.2. The van der Waals surface area contributed by atoms with Gasteiger partial charge in [0.2, 0.25) is 0 Å². The number of halogens is 1. The average Bonchev–Trinajstić information content (AvgIpc) is 2.94. The van der Waals surface area contributed by atoms with Gasteiger partial charge in [-0.05, 0) is 56.5 Å². The van der Waals surface area contributed by atoms with Crippen molar-refractivity contribution in [2.45, 2.75) is 45.4 Å². The number of carbonyl (C=O) groups is 2. The molecule has 0 bridgehead atoms. The van der Waals surface area contributed by atoms with Gasteiger partial charge in [0.25, 0.3) is 5.91 Å². The van der Waals surface area contributed by atoms with Gasteiger partial charge < -0.3 is 15.0 Å². The summed E-state index contributed by atoms with van der Waals surface area (Å²) in [4.78, 5) is 26.9. The number of fused-ring (bicyclic) bond motifs is 1. The van der Waals surface area contributed by atoms with Crippen LogP contribution in [0.5, 0.6) is 0 Å². The standard InChI is InChI=1S/C22H25BrN2O3/c1-22(2,3)28-21(27)24-13-18(11-15-7-5-4-6-8-15)25-14-16-12-17(23)9-10-19(16)20(25)26/h4-10,12,18H,11,13-14H2,1-3H3,(H,24,27)/t18-/m0/s1. The van der Waals surface area contributed by atoms with Gasteiger partial charge in [-0.15, -0.1) is 0 Å². The predicted molar refractivity (Wildman–Crippen MR) is 112 cm³/mol. The first-order valence-electron chi connectivity index (χ1n) is 9.33. The maximum absolute atomic E-state index is 13.0. The predicted octanol–water partition coefficient (Wildman–Crippen LogP) is 4.54. The lowest BCUT2D eigenvalue weighted by Gasteiger charge is -2.29. The van der Waals surface area contributed by atoms with Gasteiger partial charge in [0.05, 0.1) is 6.04 Å². The monoisotopic (exact) mass is 444 g/mol. The first kappa shape index (κ1) is 20.4. The van der Waals surface area contributed by atoms with Gasteiger partial charge in [-0.3, -0.25) is 4.79 Å². The molecule has 148 valence electrons. The Balaban J connectivity index is 1.77. The minimum atomic E-state index is -0.564. The second-order valence-corrected chi connectivity index (χ2v) is 8.88. The largest absolute Gasteiger partial charge is 0.444 e. The fourth-order valence-electron chi connectivity index (χ4n) is 3.30. The van der Waals surface area contributed by atoms with E-state index in [4.69, 9.17) is 4.74 Å². The van der Waals surface area contributed by atoms with Crippen molar-refractivity contribution >= 4 is 27.9 Å². The number of hydrogen-bond acceptors (Lipinski definition) is 3. The summed E-state index contributed by atoms with van der Waals surface area (Å²) >= 11 is 3.47. The van der Waals surface area contributed by atoms with Crippen LogP contribution in [-0.2, 0) is 17.7 Å². The number of rotatable bonds is 5. The second kappa shape index (κ2) is 8.35. The number of amides is 2. The van der Waals surface area contributed by atoms with Crippen molar-refractivity contribution in [2.75, 3.05) is 6.54 Å². The fourth-order valence-corrected chi connectivity index (χ4v) is 3.71. The van der Waals surface area contributed by atoms with E-state index in [0.29, 0.717) is 19.5 Å². The molecule has 1 atom stereocenters. The van der Waals surface area contributed by atoms with E-state index >= 15 is 0 Å². The van der Waals surface area contributed by atoms with Crippen LogP contribution < -0.4 is 5.32 Å². The highest BCUT2D eigenvalue weighted by Gasteiger charge is 2.33. The van der Waals surface area contributed by atoms with Crippen LogP contribution >= 0.6 is 15.9 Å². The molecule has 2 amide bonds. The van der Waals surface area contributed by atoms with E-state index in [0.717, 1.165) is 21.2 Å². The molecular formula is C22H25BrN2O3. The van der Waals surface area contributed by atoms with Crippen molar-refractivity contribution in [3.05, 3.63) is 69.7 Å². The molecule has 1 aliphatic rings. The molecule has 0 spiro atoms. The van der Waals surface area contributed by atoms with E-state index in [9.17, 15) is 9.59 Å².